The standard InChI is InChI=1S/C28H33N3O2/c1-19(29)26-14-15-27(33-26)28(32)31-18-22(20-8-3-2-4-9-20)16-23(31)17-30-25-13-7-11-21-10-5-6-12-24(21)25/h2-6,8-10,12,14-15,19,22-23,25,30H,7,11,13,16-18,29H2,1H3/t19-,22-,23-,25+/m0/s1. The number of carbonyl (C=O) groups is 1. The molecule has 0 radical (unpaired) electrons. The highest BCUT2D eigenvalue weighted by Gasteiger charge is 2.37. The van der Waals surface area contributed by atoms with Gasteiger partial charge in [0, 0.05) is 31.1 Å². The third kappa shape index (κ3) is 4.61. The summed E-state index contributed by atoms with van der Waals surface area (Å²) in [6.07, 6.45) is 4.42. The maximum atomic E-state index is 13.5. The van der Waals surface area contributed by atoms with Crippen molar-refractivity contribution < 1.29 is 9.21 Å². The Kier molecular flexibility index (Phi) is 6.34. The number of likely N-dealkylation sites (tertiary alicyclic amines) is 1. The van der Waals surface area contributed by atoms with Crippen LogP contribution in [0.15, 0.2) is 71.1 Å². The molecule has 1 saturated heterocycles. The lowest BCUT2D eigenvalue weighted by atomic mass is 9.87. The summed E-state index contributed by atoms with van der Waals surface area (Å²) in [7, 11) is 0. The third-order valence-corrected chi connectivity index (χ3v) is 7.20. The first kappa shape index (κ1) is 21.9. The van der Waals surface area contributed by atoms with Crippen molar-refractivity contribution in [2.24, 2.45) is 5.73 Å². The zero-order valence-corrected chi connectivity index (χ0v) is 19.2. The summed E-state index contributed by atoms with van der Waals surface area (Å²) < 4.78 is 5.81. The number of amides is 1. The number of nitrogens with two attached hydrogens (primary N) is 1. The summed E-state index contributed by atoms with van der Waals surface area (Å²) in [6, 6.07) is 23.1. The Morgan fingerprint density at radius 1 is 1.12 bits per heavy atom. The summed E-state index contributed by atoms with van der Waals surface area (Å²) in [4.78, 5) is 15.5. The lowest BCUT2D eigenvalue weighted by molar-refractivity contribution is 0.0697. The minimum atomic E-state index is -0.231. The molecule has 3 aromatic rings. The number of rotatable bonds is 6. The molecular weight excluding hydrogens is 410 g/mol. The van der Waals surface area contributed by atoms with Crippen LogP contribution in [0, 0.1) is 0 Å². The van der Waals surface area contributed by atoms with E-state index >= 15 is 0 Å². The van der Waals surface area contributed by atoms with Crippen molar-refractivity contribution in [3.8, 4) is 0 Å². The minimum absolute atomic E-state index is 0.0452. The Balaban J connectivity index is 1.35. The molecular formula is C28H33N3O2. The molecule has 4 atom stereocenters. The van der Waals surface area contributed by atoms with Crippen LogP contribution in [0.2, 0.25) is 0 Å². The second-order valence-electron chi connectivity index (χ2n) is 9.50. The average molecular weight is 444 g/mol. The SMILES string of the molecule is C[C@H](N)c1ccc(C(=O)N2C[C@@H](c3ccccc3)C[C@H]2CN[C@@H]2CCCc3ccccc32)o1. The van der Waals surface area contributed by atoms with Gasteiger partial charge in [-0.3, -0.25) is 4.79 Å². The molecule has 5 heteroatoms. The van der Waals surface area contributed by atoms with Gasteiger partial charge in [0.05, 0.1) is 6.04 Å². The van der Waals surface area contributed by atoms with E-state index in [1.54, 1.807) is 6.07 Å². The van der Waals surface area contributed by atoms with Crippen molar-refractivity contribution in [2.75, 3.05) is 13.1 Å². The van der Waals surface area contributed by atoms with Gasteiger partial charge in [-0.05, 0) is 61.4 Å². The van der Waals surface area contributed by atoms with Crippen LogP contribution in [0.25, 0.3) is 0 Å². The number of hydrogen-bond donors (Lipinski definition) is 2. The number of carbonyl (C=O) groups excluding carboxylic acids is 1. The highest BCUT2D eigenvalue weighted by Crippen LogP contribution is 2.34. The normalized spacial score (nSPS) is 23.3. The second kappa shape index (κ2) is 9.54. The van der Waals surface area contributed by atoms with E-state index in [0.717, 1.165) is 25.8 Å². The van der Waals surface area contributed by atoms with Gasteiger partial charge in [0.2, 0.25) is 0 Å². The number of nitrogens with one attached hydrogen (secondary N) is 1. The van der Waals surface area contributed by atoms with Crippen molar-refractivity contribution >= 4 is 5.91 Å². The van der Waals surface area contributed by atoms with Gasteiger partial charge in [-0.15, -0.1) is 0 Å². The van der Waals surface area contributed by atoms with E-state index in [9.17, 15) is 4.79 Å². The molecule has 0 saturated carbocycles. The van der Waals surface area contributed by atoms with Gasteiger partial charge in [-0.1, -0.05) is 54.6 Å². The summed E-state index contributed by atoms with van der Waals surface area (Å²) in [5.41, 5.74) is 10.1. The molecule has 33 heavy (non-hydrogen) atoms. The van der Waals surface area contributed by atoms with E-state index in [1.165, 1.54) is 23.1 Å². The first-order valence-electron chi connectivity index (χ1n) is 12.1. The first-order valence-corrected chi connectivity index (χ1v) is 12.1. The molecule has 1 amide bonds. The molecule has 0 unspecified atom stereocenters. The fraction of sp³-hybridized carbons (Fsp3) is 0.393. The lowest BCUT2D eigenvalue weighted by Gasteiger charge is -2.30. The maximum Gasteiger partial charge on any atom is 0.289 e. The first-order chi connectivity index (χ1) is 16.1. The quantitative estimate of drug-likeness (QED) is 0.565. The monoisotopic (exact) mass is 443 g/mol. The minimum Gasteiger partial charge on any atom is -0.454 e. The summed E-state index contributed by atoms with van der Waals surface area (Å²) >= 11 is 0. The predicted molar refractivity (Wildman–Crippen MR) is 130 cm³/mol. The topological polar surface area (TPSA) is 71.5 Å². The van der Waals surface area contributed by atoms with Crippen molar-refractivity contribution in [2.45, 2.75) is 56.7 Å². The Labute approximate surface area is 196 Å². The van der Waals surface area contributed by atoms with Crippen molar-refractivity contribution in [1.82, 2.24) is 10.2 Å². The Morgan fingerprint density at radius 2 is 1.91 bits per heavy atom. The lowest BCUT2D eigenvalue weighted by Crippen LogP contribution is -2.42. The molecule has 1 fully saturated rings. The third-order valence-electron chi connectivity index (χ3n) is 7.20. The van der Waals surface area contributed by atoms with Crippen LogP contribution < -0.4 is 11.1 Å². The van der Waals surface area contributed by atoms with E-state index in [4.69, 9.17) is 10.2 Å². The van der Waals surface area contributed by atoms with E-state index in [-0.39, 0.29) is 18.0 Å². The Morgan fingerprint density at radius 3 is 2.70 bits per heavy atom. The van der Waals surface area contributed by atoms with E-state index in [2.05, 4.69) is 53.8 Å². The molecule has 1 aliphatic heterocycles. The predicted octanol–water partition coefficient (Wildman–Crippen LogP) is 4.96. The van der Waals surface area contributed by atoms with E-state index in [1.807, 2.05) is 24.0 Å². The molecule has 2 aromatic carbocycles. The molecule has 0 bridgehead atoms. The summed E-state index contributed by atoms with van der Waals surface area (Å²) in [5.74, 6) is 1.30. The second-order valence-corrected chi connectivity index (χ2v) is 9.50. The van der Waals surface area contributed by atoms with Crippen LogP contribution in [-0.2, 0) is 6.42 Å². The van der Waals surface area contributed by atoms with Gasteiger partial charge >= 0.3 is 0 Å². The molecule has 3 N–H and O–H groups in total. The summed E-state index contributed by atoms with van der Waals surface area (Å²) in [6.45, 7) is 3.34. The molecule has 5 rings (SSSR count). The fourth-order valence-corrected chi connectivity index (χ4v) is 5.42. The molecule has 0 spiro atoms. The number of fused-ring (bicyclic) bond motifs is 1. The van der Waals surface area contributed by atoms with Crippen LogP contribution in [-0.4, -0.2) is 29.9 Å². The van der Waals surface area contributed by atoms with Crippen LogP contribution in [0.3, 0.4) is 0 Å². The molecule has 5 nitrogen and oxygen atoms in total. The van der Waals surface area contributed by atoms with Crippen LogP contribution >= 0.6 is 0 Å². The zero-order valence-electron chi connectivity index (χ0n) is 19.2. The van der Waals surface area contributed by atoms with Crippen molar-refractivity contribution in [3.63, 3.8) is 0 Å². The van der Waals surface area contributed by atoms with Gasteiger partial charge in [0.15, 0.2) is 5.76 Å². The number of benzene rings is 2. The average Bonchev–Trinajstić information content (AvgIpc) is 3.51. The number of hydrogen-bond acceptors (Lipinski definition) is 4. The Hall–Kier alpha value is -2.89. The van der Waals surface area contributed by atoms with E-state index in [0.29, 0.717) is 30.0 Å². The zero-order chi connectivity index (χ0) is 22.8. The molecule has 1 aliphatic carbocycles. The Bertz CT molecular complexity index is 1090. The van der Waals surface area contributed by atoms with Crippen molar-refractivity contribution in [1.29, 1.82) is 0 Å². The van der Waals surface area contributed by atoms with Crippen LogP contribution in [0.5, 0.6) is 0 Å². The van der Waals surface area contributed by atoms with E-state index < -0.39 is 0 Å². The van der Waals surface area contributed by atoms with Gasteiger partial charge in [0.1, 0.15) is 5.76 Å². The maximum absolute atomic E-state index is 13.5. The molecule has 2 heterocycles. The fourth-order valence-electron chi connectivity index (χ4n) is 5.42. The smallest absolute Gasteiger partial charge is 0.289 e. The number of furan rings is 1. The highest BCUT2D eigenvalue weighted by atomic mass is 16.4. The highest BCUT2D eigenvalue weighted by molar-refractivity contribution is 5.92. The molecule has 172 valence electrons. The van der Waals surface area contributed by atoms with Crippen LogP contribution in [0.1, 0.15) is 77.2 Å². The largest absolute Gasteiger partial charge is 0.454 e. The van der Waals surface area contributed by atoms with Gasteiger partial charge < -0.3 is 20.4 Å². The number of nitrogens with zero attached hydrogens (tertiary/aromatic N) is 1. The van der Waals surface area contributed by atoms with Gasteiger partial charge in [-0.25, -0.2) is 0 Å². The summed E-state index contributed by atoms with van der Waals surface area (Å²) in [5, 5.41) is 3.81. The van der Waals surface area contributed by atoms with Gasteiger partial charge in [0.25, 0.3) is 5.91 Å². The molecule has 1 aromatic heterocycles. The van der Waals surface area contributed by atoms with Crippen LogP contribution in [0.4, 0.5) is 0 Å². The molecule has 2 aliphatic rings. The van der Waals surface area contributed by atoms with Gasteiger partial charge in [-0.2, -0.15) is 0 Å². The number of aryl methyl sites for hydroxylation is 1. The van der Waals surface area contributed by atoms with Crippen molar-refractivity contribution in [3.05, 3.63) is 94.9 Å².